The van der Waals surface area contributed by atoms with Crippen LogP contribution in [0.5, 0.6) is 0 Å². The van der Waals surface area contributed by atoms with Crippen molar-refractivity contribution in [2.45, 2.75) is 6.18 Å². The Bertz CT molecular complexity index is 650. The summed E-state index contributed by atoms with van der Waals surface area (Å²) in [6, 6.07) is 3.32. The molecule has 1 aromatic carbocycles. The first-order valence-corrected chi connectivity index (χ1v) is 5.76. The summed E-state index contributed by atoms with van der Waals surface area (Å²) in [5.74, 6) is -0.175. The predicted octanol–water partition coefficient (Wildman–Crippen LogP) is 4.33. The van der Waals surface area contributed by atoms with Gasteiger partial charge in [-0.2, -0.15) is 13.2 Å². The molecule has 1 heterocycles. The number of carboxylic acid groups (broad SMARTS) is 1. The molecule has 0 saturated carbocycles. The van der Waals surface area contributed by atoms with Crippen molar-refractivity contribution in [2.75, 3.05) is 11.9 Å². The van der Waals surface area contributed by atoms with E-state index in [0.29, 0.717) is 4.90 Å². The fourth-order valence-electron chi connectivity index (χ4n) is 1.59. The number of benzene rings is 1. The second-order valence-corrected chi connectivity index (χ2v) is 4.70. The topological polar surface area (TPSA) is 53.7 Å². The fraction of sp³-hybridized carbons (Fsp3) is 0.182. The Morgan fingerprint density at radius 1 is 1.37 bits per heavy atom. The normalized spacial score (nSPS) is 11.8. The third kappa shape index (κ3) is 2.53. The average Bonchev–Trinajstić information content (AvgIpc) is 2.68. The van der Waals surface area contributed by atoms with Crippen LogP contribution in [0, 0.1) is 0 Å². The molecule has 0 bridgehead atoms. The van der Waals surface area contributed by atoms with Crippen LogP contribution in [0.3, 0.4) is 0 Å². The first-order valence-electron chi connectivity index (χ1n) is 4.97. The quantitative estimate of drug-likeness (QED) is 0.842. The van der Waals surface area contributed by atoms with Crippen LogP contribution in [0.2, 0.25) is 0 Å². The zero-order chi connectivity index (χ0) is 14.4. The Labute approximate surface area is 113 Å². The third-order valence-corrected chi connectivity index (χ3v) is 2.97. The number of furan rings is 1. The molecular formula is C11H7BrF3NO3. The van der Waals surface area contributed by atoms with Crippen molar-refractivity contribution < 1.29 is 27.5 Å². The lowest BCUT2D eigenvalue weighted by Gasteiger charge is -2.07. The molecule has 1 amide bonds. The number of carbonyl (C=O) groups is 1. The summed E-state index contributed by atoms with van der Waals surface area (Å²) >= 11 is 2.96. The summed E-state index contributed by atoms with van der Waals surface area (Å²) < 4.78 is 43.9. The molecule has 8 heteroatoms. The van der Waals surface area contributed by atoms with E-state index in [9.17, 15) is 18.0 Å². The first kappa shape index (κ1) is 13.7. The monoisotopic (exact) mass is 337 g/mol. The number of fused-ring (bicyclic) bond motifs is 1. The number of rotatable bonds is 1. The van der Waals surface area contributed by atoms with E-state index < -0.39 is 17.8 Å². The van der Waals surface area contributed by atoms with Gasteiger partial charge in [-0.05, 0) is 12.1 Å². The first-order chi connectivity index (χ1) is 8.70. The summed E-state index contributed by atoms with van der Waals surface area (Å²) in [5, 5.41) is 8.60. The molecular weight excluding hydrogens is 331 g/mol. The molecule has 4 nitrogen and oxygen atoms in total. The fourth-order valence-corrected chi connectivity index (χ4v) is 2.02. The van der Waals surface area contributed by atoms with Gasteiger partial charge in [0.1, 0.15) is 5.58 Å². The number of amides is 1. The summed E-state index contributed by atoms with van der Waals surface area (Å²) in [5.41, 5.74) is -0.921. The SMILES string of the molecule is CN(C(=O)O)c1cc2c(C(F)(F)F)cc(Br)cc2o1. The molecule has 0 saturated heterocycles. The Kier molecular flexibility index (Phi) is 3.21. The number of halogens is 4. The van der Waals surface area contributed by atoms with E-state index >= 15 is 0 Å². The minimum Gasteiger partial charge on any atom is -0.465 e. The molecule has 2 aromatic rings. The van der Waals surface area contributed by atoms with Crippen molar-refractivity contribution in [3.05, 3.63) is 28.2 Å². The lowest BCUT2D eigenvalue weighted by atomic mass is 10.1. The maximum Gasteiger partial charge on any atom is 0.417 e. The van der Waals surface area contributed by atoms with E-state index in [1.54, 1.807) is 0 Å². The molecule has 1 aromatic heterocycles. The summed E-state index contributed by atoms with van der Waals surface area (Å²) in [7, 11) is 1.18. The second-order valence-electron chi connectivity index (χ2n) is 3.79. The molecule has 0 spiro atoms. The van der Waals surface area contributed by atoms with Gasteiger partial charge in [0.05, 0.1) is 5.56 Å². The predicted molar refractivity (Wildman–Crippen MR) is 65.3 cm³/mol. The van der Waals surface area contributed by atoms with Crippen LogP contribution in [0.1, 0.15) is 5.56 Å². The van der Waals surface area contributed by atoms with Crippen LogP contribution in [0.15, 0.2) is 27.1 Å². The molecule has 102 valence electrons. The van der Waals surface area contributed by atoms with Crippen molar-refractivity contribution in [3.8, 4) is 0 Å². The summed E-state index contributed by atoms with van der Waals surface area (Å²) in [4.78, 5) is 11.5. The maximum atomic E-state index is 12.9. The van der Waals surface area contributed by atoms with Crippen LogP contribution in [0.25, 0.3) is 11.0 Å². The standard InChI is InChI=1S/C11H7BrF3NO3/c1-16(10(17)18)9-4-6-7(11(13,14)15)2-5(12)3-8(6)19-9/h2-4H,1H3,(H,17,18). The Balaban J connectivity index is 2.68. The summed E-state index contributed by atoms with van der Waals surface area (Å²) in [6.07, 6.45) is -5.88. The Morgan fingerprint density at radius 3 is 2.53 bits per heavy atom. The molecule has 1 N–H and O–H groups in total. The number of hydrogen-bond donors (Lipinski definition) is 1. The van der Waals surface area contributed by atoms with Gasteiger partial charge in [0.25, 0.3) is 0 Å². The van der Waals surface area contributed by atoms with Gasteiger partial charge in [-0.3, -0.25) is 4.90 Å². The molecule has 0 radical (unpaired) electrons. The van der Waals surface area contributed by atoms with Gasteiger partial charge in [-0.1, -0.05) is 15.9 Å². The maximum absolute atomic E-state index is 12.9. The van der Waals surface area contributed by atoms with E-state index in [1.807, 2.05) is 0 Å². The highest BCUT2D eigenvalue weighted by Gasteiger charge is 2.34. The number of alkyl halides is 3. The number of nitrogens with zero attached hydrogens (tertiary/aromatic N) is 1. The van der Waals surface area contributed by atoms with Gasteiger partial charge in [0.15, 0.2) is 0 Å². The largest absolute Gasteiger partial charge is 0.465 e. The summed E-state index contributed by atoms with van der Waals surface area (Å²) in [6.45, 7) is 0. The zero-order valence-corrected chi connectivity index (χ0v) is 11.0. The van der Waals surface area contributed by atoms with Crippen molar-refractivity contribution in [2.24, 2.45) is 0 Å². The van der Waals surface area contributed by atoms with Gasteiger partial charge >= 0.3 is 12.3 Å². The molecule has 0 aliphatic rings. The molecule has 0 unspecified atom stereocenters. The van der Waals surface area contributed by atoms with Gasteiger partial charge in [0, 0.05) is 23.0 Å². The van der Waals surface area contributed by atoms with Crippen LogP contribution in [-0.2, 0) is 6.18 Å². The molecule has 2 rings (SSSR count). The average molecular weight is 338 g/mol. The minimum absolute atomic E-state index is 0.0372. The van der Waals surface area contributed by atoms with Gasteiger partial charge in [-0.25, -0.2) is 4.79 Å². The van der Waals surface area contributed by atoms with Crippen molar-refractivity contribution in [1.29, 1.82) is 0 Å². The van der Waals surface area contributed by atoms with Crippen LogP contribution in [0.4, 0.5) is 23.8 Å². The Hall–Kier alpha value is -1.70. The van der Waals surface area contributed by atoms with Gasteiger partial charge < -0.3 is 9.52 Å². The van der Waals surface area contributed by atoms with Crippen LogP contribution >= 0.6 is 15.9 Å². The highest BCUT2D eigenvalue weighted by atomic mass is 79.9. The van der Waals surface area contributed by atoms with Crippen molar-refractivity contribution in [1.82, 2.24) is 0 Å². The number of hydrogen-bond acceptors (Lipinski definition) is 2. The van der Waals surface area contributed by atoms with Crippen molar-refractivity contribution >= 4 is 38.9 Å². The highest BCUT2D eigenvalue weighted by Crippen LogP contribution is 2.39. The molecule has 0 atom stereocenters. The van der Waals surface area contributed by atoms with Crippen molar-refractivity contribution in [3.63, 3.8) is 0 Å². The van der Waals surface area contributed by atoms with E-state index in [1.165, 1.54) is 13.1 Å². The highest BCUT2D eigenvalue weighted by molar-refractivity contribution is 9.10. The lowest BCUT2D eigenvalue weighted by molar-refractivity contribution is -0.136. The van der Waals surface area contributed by atoms with E-state index in [-0.39, 0.29) is 21.3 Å². The third-order valence-electron chi connectivity index (χ3n) is 2.51. The molecule has 0 aliphatic carbocycles. The molecule has 0 fully saturated rings. The number of anilines is 1. The zero-order valence-electron chi connectivity index (χ0n) is 9.45. The smallest absolute Gasteiger partial charge is 0.417 e. The molecule has 19 heavy (non-hydrogen) atoms. The van der Waals surface area contributed by atoms with E-state index in [4.69, 9.17) is 9.52 Å². The lowest BCUT2D eigenvalue weighted by Crippen LogP contribution is -2.22. The van der Waals surface area contributed by atoms with E-state index in [0.717, 1.165) is 12.1 Å². The van der Waals surface area contributed by atoms with E-state index in [2.05, 4.69) is 15.9 Å². The van der Waals surface area contributed by atoms with Gasteiger partial charge in [0.2, 0.25) is 5.88 Å². The Morgan fingerprint density at radius 2 is 2.00 bits per heavy atom. The van der Waals surface area contributed by atoms with Crippen LogP contribution in [-0.4, -0.2) is 18.2 Å². The molecule has 0 aliphatic heterocycles. The van der Waals surface area contributed by atoms with Crippen LogP contribution < -0.4 is 4.90 Å². The second kappa shape index (κ2) is 4.44. The minimum atomic E-state index is -4.55. The van der Waals surface area contributed by atoms with Gasteiger partial charge in [-0.15, -0.1) is 0 Å².